The molecule has 3 aromatic heterocycles. The topological polar surface area (TPSA) is 37.7 Å². The molecule has 6 heteroatoms. The highest BCUT2D eigenvalue weighted by Crippen LogP contribution is 2.57. The minimum absolute atomic E-state index is 0.0250. The molecule has 5 aliphatic rings. The monoisotopic (exact) mass is 1090 g/mol. The van der Waals surface area contributed by atoms with Crippen LogP contribution in [0.15, 0.2) is 179 Å². The number of allylic oxidation sites excluding steroid dienone is 2. The second kappa shape index (κ2) is 16.4. The van der Waals surface area contributed by atoms with E-state index in [4.69, 9.17) is 15.4 Å². The normalized spacial score (nSPS) is 17.9. The highest BCUT2D eigenvalue weighted by atomic mass is 16.3. The van der Waals surface area contributed by atoms with Gasteiger partial charge in [0.15, 0.2) is 0 Å². The Morgan fingerprint density at radius 1 is 0.500 bits per heavy atom. The van der Waals surface area contributed by atoms with Gasteiger partial charge in [0, 0.05) is 60.8 Å². The summed E-state index contributed by atoms with van der Waals surface area (Å²) in [5.41, 5.74) is 27.9. The highest BCUT2D eigenvalue weighted by molar-refractivity contribution is 6.94. The molecule has 3 aliphatic heterocycles. The van der Waals surface area contributed by atoms with E-state index in [0.29, 0.717) is 0 Å². The number of hydrogen-bond donors (Lipinski definition) is 0. The van der Waals surface area contributed by atoms with Crippen molar-refractivity contribution in [1.82, 2.24) is 4.57 Å². The minimum Gasteiger partial charge on any atom is -0.456 e. The second-order valence-electron chi connectivity index (χ2n) is 29.1. The zero-order valence-electron chi connectivity index (χ0n) is 50.4. The Morgan fingerprint density at radius 3 is 1.77 bits per heavy atom. The average Bonchev–Trinajstić information content (AvgIpc) is 1.42. The van der Waals surface area contributed by atoms with Gasteiger partial charge < -0.3 is 23.1 Å². The Morgan fingerprint density at radius 2 is 1.10 bits per heavy atom. The third-order valence-electron chi connectivity index (χ3n) is 21.1. The largest absolute Gasteiger partial charge is 0.456 e. The molecule has 0 fully saturated rings. The van der Waals surface area contributed by atoms with Gasteiger partial charge in [-0.2, -0.15) is 0 Å². The first-order valence-electron chi connectivity index (χ1n) is 30.6. The molecular formula is C78H70BN3O2. The SMILES string of the molecule is C=C1C=C(c2ccccc2)N(c2ccccc2)c2cc3c(cc21)B1c2c(c4c5ccccc5oc4c4c5cc6c(cc5n-3c24)C(C)(C)CCC6(C)C)-c2cc3oc4cc5c(cc4c3cc2N1c1ccc(C(C)(C)C)cc1)C(C)(C)CCC5(C)C. The van der Waals surface area contributed by atoms with Crippen LogP contribution in [0.4, 0.5) is 22.7 Å². The Kier molecular flexibility index (Phi) is 9.80. The number of hydrogen-bond acceptors (Lipinski definition) is 4. The lowest BCUT2D eigenvalue weighted by Gasteiger charge is -2.43. The van der Waals surface area contributed by atoms with Crippen LogP contribution >= 0.6 is 0 Å². The van der Waals surface area contributed by atoms with E-state index in [9.17, 15) is 0 Å². The molecule has 0 radical (unpaired) electrons. The lowest BCUT2D eigenvalue weighted by molar-refractivity contribution is 0.332. The molecule has 0 atom stereocenters. The molecule has 5 nitrogen and oxygen atoms in total. The lowest BCUT2D eigenvalue weighted by Crippen LogP contribution is -2.60. The Balaban J connectivity index is 1.07. The van der Waals surface area contributed by atoms with Gasteiger partial charge in [-0.25, -0.2) is 0 Å². The average molecular weight is 1090 g/mol. The van der Waals surface area contributed by atoms with Crippen molar-refractivity contribution in [1.29, 1.82) is 0 Å². The standard InChI is InChI=1S/C78H70BN3O2/c1-44-35-60(45-21-15-13-16-22-45)80(47-23-17-14-18-24-47)62-43-64-59(38-50(44)62)79-71-68(69-49-25-19-20-26-65(49)84-73(69)70-53-37-56-57(41-61(53)81(64)72(70)71)77(9,10)33-31-76(56,7)8)54-40-66-52(39-63(54)82(79)48-29-27-46(28-30-48)74(2,3)4)51-36-55-58(42-67(51)83-66)78(11,12)34-32-75(55,5)6/h13-30,35-43H,1,31-34H2,2-12H3. The maximum atomic E-state index is 7.51. The van der Waals surface area contributed by atoms with Crippen molar-refractivity contribution in [2.24, 2.45) is 0 Å². The van der Waals surface area contributed by atoms with E-state index in [2.05, 4.69) is 254 Å². The molecule has 0 unspecified atom stereocenters. The van der Waals surface area contributed by atoms with E-state index >= 15 is 0 Å². The summed E-state index contributed by atoms with van der Waals surface area (Å²) < 4.78 is 17.5. The molecule has 412 valence electrons. The smallest absolute Gasteiger partial charge is 0.333 e. The molecule has 12 aromatic rings. The third-order valence-corrected chi connectivity index (χ3v) is 21.1. The highest BCUT2D eigenvalue weighted by Gasteiger charge is 2.49. The van der Waals surface area contributed by atoms with Crippen LogP contribution in [-0.2, 0) is 27.1 Å². The first-order valence-corrected chi connectivity index (χ1v) is 30.6. The summed E-state index contributed by atoms with van der Waals surface area (Å²) >= 11 is 0. The van der Waals surface area contributed by atoms with Crippen LogP contribution in [0.5, 0.6) is 0 Å². The molecule has 6 heterocycles. The van der Waals surface area contributed by atoms with E-state index in [0.717, 1.165) is 121 Å². The van der Waals surface area contributed by atoms with Crippen LogP contribution in [0, 0.1) is 0 Å². The zero-order chi connectivity index (χ0) is 57.5. The van der Waals surface area contributed by atoms with Crippen LogP contribution in [0.3, 0.4) is 0 Å². The van der Waals surface area contributed by atoms with Crippen molar-refractivity contribution >= 4 is 117 Å². The number of para-hydroxylation sites is 2. The van der Waals surface area contributed by atoms with E-state index < -0.39 is 0 Å². The lowest BCUT2D eigenvalue weighted by atomic mass is 9.43. The maximum Gasteiger partial charge on any atom is 0.333 e. The maximum absolute atomic E-state index is 7.51. The van der Waals surface area contributed by atoms with Crippen molar-refractivity contribution in [3.05, 3.63) is 209 Å². The van der Waals surface area contributed by atoms with E-state index in [1.54, 1.807) is 0 Å². The van der Waals surface area contributed by atoms with E-state index in [-0.39, 0.29) is 33.9 Å². The number of anilines is 4. The molecule has 0 saturated carbocycles. The van der Waals surface area contributed by atoms with Gasteiger partial charge in [0.1, 0.15) is 22.3 Å². The van der Waals surface area contributed by atoms with Gasteiger partial charge in [0.25, 0.3) is 0 Å². The fourth-order valence-corrected chi connectivity index (χ4v) is 16.2. The van der Waals surface area contributed by atoms with E-state index in [1.165, 1.54) is 71.5 Å². The summed E-state index contributed by atoms with van der Waals surface area (Å²) in [6, 6.07) is 60.1. The predicted molar refractivity (Wildman–Crippen MR) is 356 cm³/mol. The van der Waals surface area contributed by atoms with Crippen molar-refractivity contribution in [3.63, 3.8) is 0 Å². The molecule has 0 bridgehead atoms. The van der Waals surface area contributed by atoms with Crippen LogP contribution in [0.2, 0.25) is 0 Å². The van der Waals surface area contributed by atoms with Crippen molar-refractivity contribution < 1.29 is 8.83 Å². The number of benzene rings is 9. The fourth-order valence-electron chi connectivity index (χ4n) is 16.2. The van der Waals surface area contributed by atoms with Gasteiger partial charge in [-0.1, -0.05) is 168 Å². The molecule has 2 aliphatic carbocycles. The first-order chi connectivity index (χ1) is 40.2. The first kappa shape index (κ1) is 50.1. The number of fused-ring (bicyclic) bond motifs is 19. The van der Waals surface area contributed by atoms with Crippen molar-refractivity contribution in [3.8, 4) is 16.8 Å². The van der Waals surface area contributed by atoms with Crippen LogP contribution in [-0.4, -0.2) is 11.4 Å². The number of nitrogens with zero attached hydrogens (tertiary/aromatic N) is 3. The molecule has 0 saturated heterocycles. The van der Waals surface area contributed by atoms with Crippen LogP contribution in [0.1, 0.15) is 141 Å². The molecule has 0 N–H and O–H groups in total. The summed E-state index contributed by atoms with van der Waals surface area (Å²) in [5.74, 6) is 0. The number of furan rings is 2. The molecule has 9 aromatic carbocycles. The zero-order valence-corrected chi connectivity index (χ0v) is 50.4. The second-order valence-corrected chi connectivity index (χ2v) is 29.1. The summed E-state index contributed by atoms with van der Waals surface area (Å²) in [4.78, 5) is 5.18. The van der Waals surface area contributed by atoms with Gasteiger partial charge in [0.2, 0.25) is 0 Å². The minimum atomic E-state index is -0.284. The predicted octanol–water partition coefficient (Wildman–Crippen LogP) is 20.0. The summed E-state index contributed by atoms with van der Waals surface area (Å²) in [5, 5.41) is 6.99. The van der Waals surface area contributed by atoms with Crippen LogP contribution in [0.25, 0.3) is 93.8 Å². The summed E-state index contributed by atoms with van der Waals surface area (Å²) in [6.45, 7) is 31.1. The fraction of sp³-hybridized carbons (Fsp3) is 0.256. The summed E-state index contributed by atoms with van der Waals surface area (Å²) in [6.07, 6.45) is 6.82. The molecule has 84 heavy (non-hydrogen) atoms. The van der Waals surface area contributed by atoms with E-state index in [1.807, 2.05) is 0 Å². The Hall–Kier alpha value is -8.48. The molecule has 17 rings (SSSR count). The van der Waals surface area contributed by atoms with Gasteiger partial charge in [-0.15, -0.1) is 0 Å². The van der Waals surface area contributed by atoms with Gasteiger partial charge in [-0.05, 0) is 187 Å². The Bertz CT molecular complexity index is 4960. The Labute approximate surface area is 493 Å². The molecular weight excluding hydrogens is 1020 g/mol. The van der Waals surface area contributed by atoms with Gasteiger partial charge in [0.05, 0.1) is 27.8 Å². The van der Waals surface area contributed by atoms with Crippen molar-refractivity contribution in [2.45, 2.75) is 129 Å². The van der Waals surface area contributed by atoms with Crippen LogP contribution < -0.4 is 20.6 Å². The quantitative estimate of drug-likeness (QED) is 0.165. The number of rotatable bonds is 3. The van der Waals surface area contributed by atoms with Gasteiger partial charge in [-0.3, -0.25) is 0 Å². The molecule has 0 amide bonds. The van der Waals surface area contributed by atoms with Gasteiger partial charge >= 0.3 is 6.85 Å². The summed E-state index contributed by atoms with van der Waals surface area (Å²) in [7, 11) is 0. The number of aromatic nitrogens is 1. The third kappa shape index (κ3) is 6.68. The molecule has 0 spiro atoms. The van der Waals surface area contributed by atoms with Crippen molar-refractivity contribution in [2.75, 3.05) is 9.71 Å².